The predicted octanol–water partition coefficient (Wildman–Crippen LogP) is 9.84. The maximum absolute atomic E-state index is 11.1. The Labute approximate surface area is 235 Å². The third-order valence-corrected chi connectivity index (χ3v) is 7.21. The van der Waals surface area contributed by atoms with Crippen LogP contribution in [0.15, 0.2) is 164 Å². The first kappa shape index (κ1) is 25.0. The highest BCUT2D eigenvalue weighted by Crippen LogP contribution is 2.38. The lowest BCUT2D eigenvalue weighted by molar-refractivity contribution is 0.112. The minimum Gasteiger partial charge on any atom is -0.298 e. The average molecular weight is 513 g/mol. The topological polar surface area (TPSA) is 17.1 Å². The highest BCUT2D eigenvalue weighted by atomic mass is 16.1. The van der Waals surface area contributed by atoms with Gasteiger partial charge in [0.1, 0.15) is 6.29 Å². The number of hydrogen-bond donors (Lipinski definition) is 0. The van der Waals surface area contributed by atoms with Crippen LogP contribution in [0.5, 0.6) is 0 Å². The summed E-state index contributed by atoms with van der Waals surface area (Å²) in [6, 6.07) is 57.1. The van der Waals surface area contributed by atoms with Crippen molar-refractivity contribution in [3.8, 4) is 22.3 Å². The lowest BCUT2D eigenvalue weighted by Gasteiger charge is -2.19. The lowest BCUT2D eigenvalue weighted by atomic mass is 9.85. The van der Waals surface area contributed by atoms with Crippen LogP contribution in [-0.4, -0.2) is 6.29 Å². The van der Waals surface area contributed by atoms with Gasteiger partial charge in [0.25, 0.3) is 0 Å². The Kier molecular flexibility index (Phi) is 7.28. The molecule has 6 aromatic rings. The molecule has 0 heterocycles. The van der Waals surface area contributed by atoms with Crippen molar-refractivity contribution in [1.82, 2.24) is 0 Å². The second kappa shape index (κ2) is 11.6. The molecule has 40 heavy (non-hydrogen) atoms. The fourth-order valence-corrected chi connectivity index (χ4v) is 5.16. The molecule has 0 aliphatic carbocycles. The van der Waals surface area contributed by atoms with E-state index in [0.717, 1.165) is 28.5 Å². The van der Waals surface area contributed by atoms with Crippen LogP contribution in [0.25, 0.3) is 33.4 Å². The molecule has 0 saturated carbocycles. The molecule has 0 saturated heterocycles. The van der Waals surface area contributed by atoms with Crippen LogP contribution < -0.4 is 0 Å². The van der Waals surface area contributed by atoms with Crippen LogP contribution in [0, 0.1) is 0 Å². The van der Waals surface area contributed by atoms with Gasteiger partial charge in [-0.05, 0) is 55.7 Å². The van der Waals surface area contributed by atoms with E-state index in [1.807, 2.05) is 30.3 Å². The zero-order valence-corrected chi connectivity index (χ0v) is 22.1. The van der Waals surface area contributed by atoms with Gasteiger partial charge in [0.15, 0.2) is 0 Å². The Bertz CT molecular complexity index is 1730. The van der Waals surface area contributed by atoms with E-state index < -0.39 is 0 Å². The quantitative estimate of drug-likeness (QED) is 0.154. The van der Waals surface area contributed by atoms with Crippen LogP contribution >= 0.6 is 0 Å². The third-order valence-electron chi connectivity index (χ3n) is 7.21. The maximum atomic E-state index is 11.1. The van der Waals surface area contributed by atoms with Crippen molar-refractivity contribution in [2.45, 2.75) is 0 Å². The van der Waals surface area contributed by atoms with Crippen molar-refractivity contribution < 1.29 is 4.79 Å². The summed E-state index contributed by atoms with van der Waals surface area (Å²) in [4.78, 5) is 11.1. The maximum Gasteiger partial charge on any atom is 0.150 e. The Morgan fingerprint density at radius 3 is 1.00 bits per heavy atom. The summed E-state index contributed by atoms with van der Waals surface area (Å²) < 4.78 is 0. The highest BCUT2D eigenvalue weighted by Gasteiger charge is 2.16. The van der Waals surface area contributed by atoms with Gasteiger partial charge in [-0.3, -0.25) is 4.79 Å². The molecule has 0 bridgehead atoms. The number of hydrogen-bond acceptors (Lipinski definition) is 1. The minimum atomic E-state index is 0.681. The van der Waals surface area contributed by atoms with E-state index in [1.54, 1.807) is 0 Å². The number of aldehydes is 1. The first-order valence-corrected chi connectivity index (χ1v) is 13.5. The van der Waals surface area contributed by atoms with E-state index in [1.165, 1.54) is 33.4 Å². The average Bonchev–Trinajstić information content (AvgIpc) is 3.05. The number of rotatable bonds is 7. The summed E-state index contributed by atoms with van der Waals surface area (Å²) in [5.41, 5.74) is 12.3. The van der Waals surface area contributed by atoms with Crippen LogP contribution in [0.1, 0.15) is 32.6 Å². The van der Waals surface area contributed by atoms with Gasteiger partial charge in [0.2, 0.25) is 0 Å². The smallest absolute Gasteiger partial charge is 0.150 e. The first-order valence-electron chi connectivity index (χ1n) is 13.5. The zero-order chi connectivity index (χ0) is 27.1. The van der Waals surface area contributed by atoms with Crippen molar-refractivity contribution >= 4 is 17.4 Å². The van der Waals surface area contributed by atoms with Gasteiger partial charge >= 0.3 is 0 Å². The summed E-state index contributed by atoms with van der Waals surface area (Å²) in [6.07, 6.45) is 0.876. The SMILES string of the molecule is O=Cc1ccc(-c2ccc(/C(=C(\c3ccccc3)c3ccc(-c4ccccc4)cc3)c3ccccc3)cc2)cc1. The molecule has 0 spiro atoms. The molecular weight excluding hydrogens is 484 g/mol. The lowest BCUT2D eigenvalue weighted by Crippen LogP contribution is -1.97. The molecule has 0 radical (unpaired) electrons. The standard InChI is InChI=1S/C39H28O/c40-28-29-16-18-31(19-17-29)33-22-26-37(27-23-33)39(35-14-8-3-9-15-35)38(34-12-6-2-7-13-34)36-24-20-32(21-25-36)30-10-4-1-5-11-30/h1-28H/b39-38+. The van der Waals surface area contributed by atoms with Gasteiger partial charge in [-0.2, -0.15) is 0 Å². The summed E-state index contributed by atoms with van der Waals surface area (Å²) in [5.74, 6) is 0. The van der Waals surface area contributed by atoms with E-state index >= 15 is 0 Å². The molecule has 0 atom stereocenters. The third kappa shape index (κ3) is 5.32. The van der Waals surface area contributed by atoms with Gasteiger partial charge in [-0.15, -0.1) is 0 Å². The summed E-state index contributed by atoms with van der Waals surface area (Å²) in [6.45, 7) is 0. The molecule has 1 nitrogen and oxygen atoms in total. The fraction of sp³-hybridized carbons (Fsp3) is 0. The van der Waals surface area contributed by atoms with Crippen LogP contribution in [0.4, 0.5) is 0 Å². The molecule has 0 amide bonds. The zero-order valence-electron chi connectivity index (χ0n) is 22.1. The molecule has 0 aromatic heterocycles. The normalized spacial score (nSPS) is 11.5. The van der Waals surface area contributed by atoms with E-state index in [9.17, 15) is 4.79 Å². The second-order valence-electron chi connectivity index (χ2n) is 9.74. The van der Waals surface area contributed by atoms with Crippen LogP contribution in [0.3, 0.4) is 0 Å². The van der Waals surface area contributed by atoms with E-state index in [2.05, 4.69) is 133 Å². The monoisotopic (exact) mass is 512 g/mol. The summed E-state index contributed by atoms with van der Waals surface area (Å²) >= 11 is 0. The Morgan fingerprint density at radius 1 is 0.325 bits per heavy atom. The fourth-order valence-electron chi connectivity index (χ4n) is 5.16. The molecule has 6 rings (SSSR count). The minimum absolute atomic E-state index is 0.681. The number of carbonyl (C=O) groups excluding carboxylic acids is 1. The molecule has 0 N–H and O–H groups in total. The van der Waals surface area contributed by atoms with Crippen molar-refractivity contribution in [3.63, 3.8) is 0 Å². The molecule has 190 valence electrons. The largest absolute Gasteiger partial charge is 0.298 e. The first-order chi connectivity index (χ1) is 19.8. The Hall–Kier alpha value is -5.27. The van der Waals surface area contributed by atoms with Crippen LogP contribution in [-0.2, 0) is 0 Å². The second-order valence-corrected chi connectivity index (χ2v) is 9.74. The molecule has 0 aliphatic heterocycles. The van der Waals surface area contributed by atoms with Crippen molar-refractivity contribution in [1.29, 1.82) is 0 Å². The van der Waals surface area contributed by atoms with Gasteiger partial charge in [-0.25, -0.2) is 0 Å². The molecule has 6 aromatic carbocycles. The molecule has 0 fully saturated rings. The van der Waals surface area contributed by atoms with E-state index in [4.69, 9.17) is 0 Å². The van der Waals surface area contributed by atoms with Crippen molar-refractivity contribution in [3.05, 3.63) is 192 Å². The van der Waals surface area contributed by atoms with Gasteiger partial charge < -0.3 is 0 Å². The van der Waals surface area contributed by atoms with Crippen LogP contribution in [0.2, 0.25) is 0 Å². The highest BCUT2D eigenvalue weighted by molar-refractivity contribution is 6.04. The molecule has 0 aliphatic rings. The number of carbonyl (C=O) groups is 1. The van der Waals surface area contributed by atoms with Crippen molar-refractivity contribution in [2.24, 2.45) is 0 Å². The summed E-state index contributed by atoms with van der Waals surface area (Å²) in [5, 5.41) is 0. The van der Waals surface area contributed by atoms with Crippen molar-refractivity contribution in [2.75, 3.05) is 0 Å². The van der Waals surface area contributed by atoms with Gasteiger partial charge in [0, 0.05) is 5.56 Å². The molecule has 0 unspecified atom stereocenters. The van der Waals surface area contributed by atoms with E-state index in [-0.39, 0.29) is 0 Å². The van der Waals surface area contributed by atoms with E-state index in [0.29, 0.717) is 5.56 Å². The van der Waals surface area contributed by atoms with Gasteiger partial charge in [0.05, 0.1) is 0 Å². The number of benzene rings is 6. The summed E-state index contributed by atoms with van der Waals surface area (Å²) in [7, 11) is 0. The Morgan fingerprint density at radius 2 is 0.625 bits per heavy atom. The molecule has 1 heteroatoms. The molecular formula is C39H28O. The Balaban J connectivity index is 1.52. The van der Waals surface area contributed by atoms with Gasteiger partial charge in [-0.1, -0.05) is 164 Å². The predicted molar refractivity (Wildman–Crippen MR) is 167 cm³/mol.